The predicted molar refractivity (Wildman–Crippen MR) is 79.5 cm³/mol. The summed E-state index contributed by atoms with van der Waals surface area (Å²) in [6.45, 7) is 5.54. The van der Waals surface area contributed by atoms with Gasteiger partial charge in [-0.05, 0) is 53.5 Å². The summed E-state index contributed by atoms with van der Waals surface area (Å²) in [5, 5.41) is 3.30. The van der Waals surface area contributed by atoms with Gasteiger partial charge in [-0.1, -0.05) is 6.07 Å². The minimum atomic E-state index is 0. The Morgan fingerprint density at radius 3 is 2.83 bits per heavy atom. The van der Waals surface area contributed by atoms with Gasteiger partial charge in [-0.15, -0.1) is 12.4 Å². The molecule has 0 radical (unpaired) electrons. The minimum Gasteiger partial charge on any atom is -0.337 e. The Kier molecular flexibility index (Phi) is 6.12. The van der Waals surface area contributed by atoms with Crippen molar-refractivity contribution in [2.75, 3.05) is 26.2 Å². The van der Waals surface area contributed by atoms with E-state index in [1.54, 1.807) is 0 Å². The molecule has 0 aliphatic carbocycles. The van der Waals surface area contributed by atoms with Gasteiger partial charge in [-0.3, -0.25) is 4.79 Å². The first-order valence-electron chi connectivity index (χ1n) is 5.94. The number of nitrogens with one attached hydrogen (secondary N) is 1. The van der Waals surface area contributed by atoms with E-state index in [4.69, 9.17) is 0 Å². The summed E-state index contributed by atoms with van der Waals surface area (Å²) in [7, 11) is 0. The Labute approximate surface area is 122 Å². The maximum atomic E-state index is 12.4. The standard InChI is InChI=1S/C13H17BrN2O.ClH/c1-10-3-4-11(12(14)9-10)13(17)16-7-2-5-15-6-8-16;/h3-4,9,15H,2,5-8H2,1H3;1H. The first-order chi connectivity index (χ1) is 8.18. The molecule has 3 nitrogen and oxygen atoms in total. The first-order valence-corrected chi connectivity index (χ1v) is 6.74. The van der Waals surface area contributed by atoms with Crippen LogP contribution in [0.1, 0.15) is 22.3 Å². The number of hydrogen-bond donors (Lipinski definition) is 1. The molecule has 1 fully saturated rings. The third kappa shape index (κ3) is 3.70. The molecule has 1 heterocycles. The molecule has 1 aromatic rings. The van der Waals surface area contributed by atoms with Gasteiger partial charge < -0.3 is 10.2 Å². The van der Waals surface area contributed by atoms with E-state index in [0.29, 0.717) is 0 Å². The Morgan fingerprint density at radius 2 is 2.11 bits per heavy atom. The summed E-state index contributed by atoms with van der Waals surface area (Å²) in [5.74, 6) is 0.126. The van der Waals surface area contributed by atoms with Gasteiger partial charge in [0.15, 0.2) is 0 Å². The van der Waals surface area contributed by atoms with Crippen molar-refractivity contribution in [3.63, 3.8) is 0 Å². The molecular formula is C13H18BrClN2O. The van der Waals surface area contributed by atoms with Gasteiger partial charge in [0, 0.05) is 24.1 Å². The van der Waals surface area contributed by atoms with Crippen LogP contribution in [-0.4, -0.2) is 37.0 Å². The molecule has 0 aromatic heterocycles. The molecule has 0 spiro atoms. The molecule has 0 atom stereocenters. The third-order valence-corrected chi connectivity index (χ3v) is 3.64. The normalized spacial score (nSPS) is 15.8. The number of amides is 1. The molecule has 0 bridgehead atoms. The van der Waals surface area contributed by atoms with Crippen LogP contribution in [0.15, 0.2) is 22.7 Å². The second kappa shape index (κ2) is 7.12. The number of carbonyl (C=O) groups excluding carboxylic acids is 1. The fourth-order valence-electron chi connectivity index (χ4n) is 2.01. The average Bonchev–Trinajstić information content (AvgIpc) is 2.56. The molecular weight excluding hydrogens is 316 g/mol. The first kappa shape index (κ1) is 15.5. The van der Waals surface area contributed by atoms with Crippen molar-refractivity contribution in [3.05, 3.63) is 33.8 Å². The SMILES string of the molecule is Cc1ccc(C(=O)N2CCCNCC2)c(Br)c1.Cl. The van der Waals surface area contributed by atoms with Crippen molar-refractivity contribution in [2.45, 2.75) is 13.3 Å². The van der Waals surface area contributed by atoms with Crippen molar-refractivity contribution in [1.82, 2.24) is 10.2 Å². The lowest BCUT2D eigenvalue weighted by molar-refractivity contribution is 0.0765. The Bertz CT molecular complexity index is 417. The number of halogens is 2. The van der Waals surface area contributed by atoms with E-state index >= 15 is 0 Å². The second-order valence-corrected chi connectivity index (χ2v) is 5.23. The molecule has 18 heavy (non-hydrogen) atoms. The van der Waals surface area contributed by atoms with Crippen LogP contribution >= 0.6 is 28.3 Å². The highest BCUT2D eigenvalue weighted by molar-refractivity contribution is 9.10. The van der Waals surface area contributed by atoms with E-state index in [1.165, 1.54) is 0 Å². The minimum absolute atomic E-state index is 0. The molecule has 0 unspecified atom stereocenters. The van der Waals surface area contributed by atoms with Gasteiger partial charge in [0.05, 0.1) is 5.56 Å². The molecule has 1 aromatic carbocycles. The van der Waals surface area contributed by atoms with Crippen LogP contribution in [0.2, 0.25) is 0 Å². The number of nitrogens with zero attached hydrogens (tertiary/aromatic N) is 1. The van der Waals surface area contributed by atoms with Gasteiger partial charge >= 0.3 is 0 Å². The van der Waals surface area contributed by atoms with Crippen LogP contribution in [0.25, 0.3) is 0 Å². The lowest BCUT2D eigenvalue weighted by Crippen LogP contribution is -2.34. The summed E-state index contributed by atoms with van der Waals surface area (Å²) in [6.07, 6.45) is 1.02. The highest BCUT2D eigenvalue weighted by Gasteiger charge is 2.18. The zero-order chi connectivity index (χ0) is 12.3. The molecule has 2 rings (SSSR count). The number of hydrogen-bond acceptors (Lipinski definition) is 2. The van der Waals surface area contributed by atoms with Crippen LogP contribution < -0.4 is 5.32 Å². The summed E-state index contributed by atoms with van der Waals surface area (Å²) < 4.78 is 0.889. The van der Waals surface area contributed by atoms with E-state index in [0.717, 1.165) is 48.2 Å². The van der Waals surface area contributed by atoms with Crippen LogP contribution in [0.4, 0.5) is 0 Å². The maximum absolute atomic E-state index is 12.4. The highest BCUT2D eigenvalue weighted by atomic mass is 79.9. The van der Waals surface area contributed by atoms with Gasteiger partial charge in [0.25, 0.3) is 5.91 Å². The topological polar surface area (TPSA) is 32.3 Å². The molecule has 1 aliphatic heterocycles. The highest BCUT2D eigenvalue weighted by Crippen LogP contribution is 2.20. The molecule has 1 aliphatic rings. The summed E-state index contributed by atoms with van der Waals surface area (Å²) in [4.78, 5) is 14.3. The van der Waals surface area contributed by atoms with E-state index in [1.807, 2.05) is 30.0 Å². The Balaban J connectivity index is 0.00000162. The van der Waals surface area contributed by atoms with Crippen molar-refractivity contribution in [2.24, 2.45) is 0 Å². The van der Waals surface area contributed by atoms with E-state index in [2.05, 4.69) is 21.2 Å². The predicted octanol–water partition coefficient (Wildman–Crippen LogP) is 2.61. The van der Waals surface area contributed by atoms with E-state index in [9.17, 15) is 4.79 Å². The van der Waals surface area contributed by atoms with Gasteiger partial charge in [-0.25, -0.2) is 0 Å². The van der Waals surface area contributed by atoms with Crippen LogP contribution in [0.3, 0.4) is 0 Å². The van der Waals surface area contributed by atoms with Gasteiger partial charge in [-0.2, -0.15) is 0 Å². The van der Waals surface area contributed by atoms with E-state index in [-0.39, 0.29) is 18.3 Å². The van der Waals surface area contributed by atoms with Crippen LogP contribution in [-0.2, 0) is 0 Å². The van der Waals surface area contributed by atoms with Crippen LogP contribution in [0.5, 0.6) is 0 Å². The number of rotatable bonds is 1. The van der Waals surface area contributed by atoms with Gasteiger partial charge in [0.2, 0.25) is 0 Å². The van der Waals surface area contributed by atoms with Gasteiger partial charge in [0.1, 0.15) is 0 Å². The number of carbonyl (C=O) groups is 1. The maximum Gasteiger partial charge on any atom is 0.255 e. The largest absolute Gasteiger partial charge is 0.337 e. The smallest absolute Gasteiger partial charge is 0.255 e. The molecule has 1 N–H and O–H groups in total. The van der Waals surface area contributed by atoms with Crippen LogP contribution in [0, 0.1) is 6.92 Å². The average molecular weight is 334 g/mol. The zero-order valence-corrected chi connectivity index (χ0v) is 12.8. The summed E-state index contributed by atoms with van der Waals surface area (Å²) in [6, 6.07) is 5.87. The molecule has 5 heteroatoms. The monoisotopic (exact) mass is 332 g/mol. The lowest BCUT2D eigenvalue weighted by Gasteiger charge is -2.20. The number of benzene rings is 1. The lowest BCUT2D eigenvalue weighted by atomic mass is 10.1. The Morgan fingerprint density at radius 1 is 1.33 bits per heavy atom. The van der Waals surface area contributed by atoms with E-state index < -0.39 is 0 Å². The second-order valence-electron chi connectivity index (χ2n) is 4.38. The summed E-state index contributed by atoms with van der Waals surface area (Å²) in [5.41, 5.74) is 1.92. The zero-order valence-electron chi connectivity index (χ0n) is 10.4. The molecule has 100 valence electrons. The van der Waals surface area contributed by atoms with Crippen molar-refractivity contribution >= 4 is 34.2 Å². The fourth-order valence-corrected chi connectivity index (χ4v) is 2.68. The summed E-state index contributed by atoms with van der Waals surface area (Å²) >= 11 is 3.47. The third-order valence-electron chi connectivity index (χ3n) is 2.98. The number of aryl methyl sites for hydroxylation is 1. The molecule has 1 amide bonds. The van der Waals surface area contributed by atoms with Crippen molar-refractivity contribution in [1.29, 1.82) is 0 Å². The quantitative estimate of drug-likeness (QED) is 0.857. The fraction of sp³-hybridized carbons (Fsp3) is 0.462. The Hall–Kier alpha value is -0.580. The molecule has 0 saturated carbocycles. The van der Waals surface area contributed by atoms with Crippen molar-refractivity contribution in [3.8, 4) is 0 Å². The van der Waals surface area contributed by atoms with Crippen molar-refractivity contribution < 1.29 is 4.79 Å². The molecule has 1 saturated heterocycles.